The van der Waals surface area contributed by atoms with Crippen molar-refractivity contribution in [1.29, 1.82) is 0 Å². The summed E-state index contributed by atoms with van der Waals surface area (Å²) in [5, 5.41) is 10.0. The summed E-state index contributed by atoms with van der Waals surface area (Å²) in [5.74, 6) is -0.0808. The van der Waals surface area contributed by atoms with Crippen LogP contribution in [-0.4, -0.2) is 49.9 Å². The van der Waals surface area contributed by atoms with Crippen molar-refractivity contribution < 1.29 is 19.4 Å². The van der Waals surface area contributed by atoms with Crippen LogP contribution in [0.3, 0.4) is 0 Å². The largest absolute Gasteiger partial charge is 0.478 e. The molecule has 1 fully saturated rings. The number of pyridine rings is 1. The molecule has 2 aromatic heterocycles. The van der Waals surface area contributed by atoms with E-state index in [0.29, 0.717) is 18.8 Å². The van der Waals surface area contributed by atoms with Crippen LogP contribution in [-0.2, 0) is 4.79 Å². The van der Waals surface area contributed by atoms with Gasteiger partial charge in [0.15, 0.2) is 0 Å². The summed E-state index contributed by atoms with van der Waals surface area (Å²) in [6.45, 7) is 4.84. The molecule has 9 nitrogen and oxygen atoms in total. The maximum absolute atomic E-state index is 12.1. The lowest BCUT2D eigenvalue weighted by molar-refractivity contribution is -0.125. The Bertz CT molecular complexity index is 1490. The first kappa shape index (κ1) is 23.0. The molecule has 180 valence electrons. The average Bonchev–Trinajstić information content (AvgIpc) is 3.38. The summed E-state index contributed by atoms with van der Waals surface area (Å²) < 4.78 is 5.74. The summed E-state index contributed by atoms with van der Waals surface area (Å²) in [6, 6.07) is 14.3. The molecule has 1 aliphatic heterocycles. The van der Waals surface area contributed by atoms with E-state index in [4.69, 9.17) is 15.6 Å². The Morgan fingerprint density at radius 3 is 2.67 bits per heavy atom. The minimum absolute atomic E-state index is 0.0777. The van der Waals surface area contributed by atoms with Gasteiger partial charge in [-0.25, -0.2) is 19.7 Å². The molecule has 3 N–H and O–H groups in total. The quantitative estimate of drug-likeness (QED) is 0.390. The van der Waals surface area contributed by atoms with Gasteiger partial charge in [-0.3, -0.25) is 4.79 Å². The molecule has 0 bridgehead atoms. The number of benzene rings is 2. The molecule has 9 heteroatoms. The predicted octanol–water partition coefficient (Wildman–Crippen LogP) is 4.27. The number of ether oxygens (including phenoxy) is 1. The van der Waals surface area contributed by atoms with E-state index in [9.17, 15) is 9.59 Å². The number of fused-ring (bicyclic) bond motifs is 1. The molecule has 36 heavy (non-hydrogen) atoms. The SMILES string of the molecule is C=CC(=O)N1CCC(c2cc(-c3ccc(Oc4cc(C(=O)O)ccn4)cc3)cc3cnc(N)nc23)C1. The van der Waals surface area contributed by atoms with Crippen LogP contribution in [0.5, 0.6) is 11.6 Å². The second kappa shape index (κ2) is 9.46. The molecule has 3 heterocycles. The zero-order chi connectivity index (χ0) is 25.2. The summed E-state index contributed by atoms with van der Waals surface area (Å²) in [5.41, 5.74) is 9.72. The van der Waals surface area contributed by atoms with Crippen molar-refractivity contribution >= 4 is 28.7 Å². The van der Waals surface area contributed by atoms with E-state index in [0.717, 1.165) is 34.0 Å². The molecular weight excluding hydrogens is 458 g/mol. The number of likely N-dealkylation sites (tertiary alicyclic amines) is 1. The van der Waals surface area contributed by atoms with Gasteiger partial charge in [-0.2, -0.15) is 0 Å². The third-order valence-electron chi connectivity index (χ3n) is 6.24. The first-order valence-electron chi connectivity index (χ1n) is 11.4. The fourth-order valence-corrected chi connectivity index (χ4v) is 4.44. The van der Waals surface area contributed by atoms with Gasteiger partial charge in [-0.1, -0.05) is 18.7 Å². The van der Waals surface area contributed by atoms with Gasteiger partial charge in [0, 0.05) is 42.9 Å². The van der Waals surface area contributed by atoms with Crippen LogP contribution in [0.25, 0.3) is 22.0 Å². The lowest BCUT2D eigenvalue weighted by atomic mass is 9.92. The fourth-order valence-electron chi connectivity index (χ4n) is 4.44. The Kier molecular flexibility index (Phi) is 6.03. The van der Waals surface area contributed by atoms with Gasteiger partial charge in [0.25, 0.3) is 0 Å². The monoisotopic (exact) mass is 481 g/mol. The summed E-state index contributed by atoms with van der Waals surface area (Å²) in [7, 11) is 0. The molecule has 1 unspecified atom stereocenters. The third kappa shape index (κ3) is 4.58. The third-order valence-corrected chi connectivity index (χ3v) is 6.24. The van der Waals surface area contributed by atoms with Crippen molar-refractivity contribution in [2.24, 2.45) is 0 Å². The van der Waals surface area contributed by atoms with Crippen LogP contribution >= 0.6 is 0 Å². The van der Waals surface area contributed by atoms with Gasteiger partial charge in [-0.05, 0) is 59.5 Å². The number of nitrogen functional groups attached to an aromatic ring is 1. The minimum Gasteiger partial charge on any atom is -0.478 e. The smallest absolute Gasteiger partial charge is 0.335 e. The Labute approximate surface area is 206 Å². The highest BCUT2D eigenvalue weighted by Gasteiger charge is 2.28. The van der Waals surface area contributed by atoms with Gasteiger partial charge in [0.1, 0.15) is 5.75 Å². The van der Waals surface area contributed by atoms with E-state index in [1.54, 1.807) is 23.2 Å². The van der Waals surface area contributed by atoms with Gasteiger partial charge < -0.3 is 20.5 Å². The van der Waals surface area contributed by atoms with E-state index in [1.807, 2.05) is 18.2 Å². The standard InChI is InChI=1S/C27H23N5O4/c1-2-24(33)32-10-8-18(15-32)22-12-19(11-20-14-30-27(28)31-25(20)22)16-3-5-21(6-4-16)36-23-13-17(26(34)35)7-9-29-23/h2-7,9,11-14,18H,1,8,10,15H2,(H,34,35)(H2,28,30,31). The molecule has 1 saturated heterocycles. The van der Waals surface area contributed by atoms with Crippen LogP contribution in [0.15, 0.2) is 73.6 Å². The van der Waals surface area contributed by atoms with E-state index in [2.05, 4.69) is 27.6 Å². The van der Waals surface area contributed by atoms with Crippen LogP contribution < -0.4 is 10.5 Å². The number of hydrogen-bond acceptors (Lipinski definition) is 7. The summed E-state index contributed by atoms with van der Waals surface area (Å²) >= 11 is 0. The number of rotatable bonds is 6. The van der Waals surface area contributed by atoms with Crippen LogP contribution in [0.4, 0.5) is 5.95 Å². The number of carboxylic acid groups (broad SMARTS) is 1. The van der Waals surface area contributed by atoms with Gasteiger partial charge in [0.2, 0.25) is 17.7 Å². The number of amides is 1. The molecule has 0 radical (unpaired) electrons. The average molecular weight is 482 g/mol. The lowest BCUT2D eigenvalue weighted by Crippen LogP contribution is -2.26. The molecule has 1 amide bonds. The number of carbonyl (C=O) groups is 2. The maximum Gasteiger partial charge on any atom is 0.335 e. The van der Waals surface area contributed by atoms with Crippen molar-refractivity contribution in [2.75, 3.05) is 18.8 Å². The molecule has 2 aromatic carbocycles. The van der Waals surface area contributed by atoms with Gasteiger partial charge >= 0.3 is 5.97 Å². The second-order valence-electron chi connectivity index (χ2n) is 8.52. The molecule has 5 rings (SSSR count). The van der Waals surface area contributed by atoms with Crippen LogP contribution in [0.2, 0.25) is 0 Å². The Hall–Kier alpha value is -4.79. The topological polar surface area (TPSA) is 132 Å². The number of aromatic nitrogens is 3. The van der Waals surface area contributed by atoms with E-state index < -0.39 is 5.97 Å². The number of nitrogens with two attached hydrogens (primary N) is 1. The number of carbonyl (C=O) groups excluding carboxylic acids is 1. The highest BCUT2D eigenvalue weighted by atomic mass is 16.5. The Morgan fingerprint density at radius 2 is 1.92 bits per heavy atom. The van der Waals surface area contributed by atoms with Crippen molar-refractivity contribution in [2.45, 2.75) is 12.3 Å². The molecule has 0 spiro atoms. The minimum atomic E-state index is -1.05. The highest BCUT2D eigenvalue weighted by molar-refractivity contribution is 5.90. The molecular formula is C27H23N5O4. The highest BCUT2D eigenvalue weighted by Crippen LogP contribution is 2.36. The maximum atomic E-state index is 12.1. The van der Waals surface area contributed by atoms with Crippen LogP contribution in [0, 0.1) is 0 Å². The van der Waals surface area contributed by atoms with Gasteiger partial charge in [0.05, 0.1) is 11.1 Å². The number of carboxylic acids is 1. The lowest BCUT2D eigenvalue weighted by Gasteiger charge is -2.17. The molecule has 0 aliphatic carbocycles. The summed E-state index contributed by atoms with van der Waals surface area (Å²) in [4.78, 5) is 37.8. The first-order chi connectivity index (χ1) is 17.4. The Balaban J connectivity index is 1.46. The molecule has 1 atom stereocenters. The van der Waals surface area contributed by atoms with E-state index in [1.165, 1.54) is 24.4 Å². The fraction of sp³-hybridized carbons (Fsp3) is 0.148. The predicted molar refractivity (Wildman–Crippen MR) is 135 cm³/mol. The number of hydrogen-bond donors (Lipinski definition) is 2. The van der Waals surface area contributed by atoms with Crippen LogP contribution in [0.1, 0.15) is 28.3 Å². The zero-order valence-corrected chi connectivity index (χ0v) is 19.3. The van der Waals surface area contributed by atoms with Crippen molar-refractivity contribution in [3.63, 3.8) is 0 Å². The zero-order valence-electron chi connectivity index (χ0n) is 19.3. The molecule has 4 aromatic rings. The van der Waals surface area contributed by atoms with Crippen molar-refractivity contribution in [1.82, 2.24) is 19.9 Å². The number of anilines is 1. The molecule has 0 saturated carbocycles. The normalized spacial score (nSPS) is 15.1. The molecule has 1 aliphatic rings. The van der Waals surface area contributed by atoms with Crippen molar-refractivity contribution in [3.8, 4) is 22.8 Å². The number of aromatic carboxylic acids is 1. The second-order valence-corrected chi connectivity index (χ2v) is 8.52. The van der Waals surface area contributed by atoms with Gasteiger partial charge in [-0.15, -0.1) is 0 Å². The Morgan fingerprint density at radius 1 is 1.11 bits per heavy atom. The first-order valence-corrected chi connectivity index (χ1v) is 11.4. The van der Waals surface area contributed by atoms with E-state index in [-0.39, 0.29) is 29.2 Å². The summed E-state index contributed by atoms with van der Waals surface area (Å²) in [6.07, 6.45) is 5.27. The number of nitrogens with zero attached hydrogens (tertiary/aromatic N) is 4. The van der Waals surface area contributed by atoms with E-state index >= 15 is 0 Å². The van der Waals surface area contributed by atoms with Crippen molar-refractivity contribution in [3.05, 3.63) is 84.7 Å².